The van der Waals surface area contributed by atoms with Crippen molar-refractivity contribution in [3.63, 3.8) is 0 Å². The van der Waals surface area contributed by atoms with Crippen LogP contribution in [0.25, 0.3) is 0 Å². The number of nitrogens with two attached hydrogens (primary N) is 1. The Morgan fingerprint density at radius 2 is 2.12 bits per heavy atom. The summed E-state index contributed by atoms with van der Waals surface area (Å²) in [5.74, 6) is 0.471. The predicted molar refractivity (Wildman–Crippen MR) is 96.1 cm³/mol. The van der Waals surface area contributed by atoms with Gasteiger partial charge in [-0.25, -0.2) is 0 Å². The fourth-order valence-electron chi connectivity index (χ4n) is 3.12. The van der Waals surface area contributed by atoms with Crippen molar-refractivity contribution in [2.24, 2.45) is 5.73 Å². The number of anilines is 1. The average molecular weight is 370 g/mol. The first-order valence-corrected chi connectivity index (χ1v) is 8.14. The zero-order chi connectivity index (χ0) is 17.2. The number of methoxy groups -OCH3 is 1. The van der Waals surface area contributed by atoms with Gasteiger partial charge in [0.05, 0.1) is 18.7 Å². The highest BCUT2D eigenvalue weighted by Gasteiger charge is 2.39. The van der Waals surface area contributed by atoms with Gasteiger partial charge in [0.25, 0.3) is 0 Å². The lowest BCUT2D eigenvalue weighted by Crippen LogP contribution is -2.59. The molecule has 7 nitrogen and oxygen atoms in total. The minimum absolute atomic E-state index is 0. The van der Waals surface area contributed by atoms with Crippen molar-refractivity contribution in [2.45, 2.75) is 30.8 Å². The molecule has 8 heteroatoms. The van der Waals surface area contributed by atoms with Crippen LogP contribution in [0.2, 0.25) is 0 Å². The maximum atomic E-state index is 12.5. The molecule has 2 aliphatic rings. The Balaban J connectivity index is 0.00000225. The van der Waals surface area contributed by atoms with E-state index in [4.69, 9.17) is 15.2 Å². The van der Waals surface area contributed by atoms with Crippen molar-refractivity contribution < 1.29 is 19.1 Å². The Kier molecular flexibility index (Phi) is 6.26. The SMILES string of the molecule is COc1cccc(N2CC(NC(=O)C3(N)CCOCC3)CC2=O)c1.Cl. The molecule has 0 saturated carbocycles. The molecule has 2 fully saturated rings. The van der Waals surface area contributed by atoms with E-state index >= 15 is 0 Å². The fourth-order valence-corrected chi connectivity index (χ4v) is 3.12. The highest BCUT2D eigenvalue weighted by molar-refractivity contribution is 5.97. The summed E-state index contributed by atoms with van der Waals surface area (Å²) in [7, 11) is 1.59. The van der Waals surface area contributed by atoms with E-state index in [1.807, 2.05) is 24.3 Å². The normalized spacial score (nSPS) is 22.2. The Labute approximate surface area is 153 Å². The smallest absolute Gasteiger partial charge is 0.240 e. The van der Waals surface area contributed by atoms with Crippen molar-refractivity contribution in [2.75, 3.05) is 31.8 Å². The fraction of sp³-hybridized carbons (Fsp3) is 0.529. The Bertz CT molecular complexity index is 634. The number of amides is 2. The summed E-state index contributed by atoms with van der Waals surface area (Å²) < 4.78 is 10.5. The number of nitrogens with zero attached hydrogens (tertiary/aromatic N) is 1. The molecule has 1 aromatic rings. The second kappa shape index (κ2) is 8.03. The van der Waals surface area contributed by atoms with Crippen molar-refractivity contribution in [3.05, 3.63) is 24.3 Å². The first kappa shape index (κ1) is 19.5. The number of carbonyl (C=O) groups is 2. The molecule has 1 unspecified atom stereocenters. The summed E-state index contributed by atoms with van der Waals surface area (Å²) in [5.41, 5.74) is 6.06. The second-order valence-corrected chi connectivity index (χ2v) is 6.35. The van der Waals surface area contributed by atoms with Gasteiger partial charge in [0.1, 0.15) is 5.75 Å². The summed E-state index contributed by atoms with van der Waals surface area (Å²) in [6, 6.07) is 7.09. The van der Waals surface area contributed by atoms with Crippen molar-refractivity contribution >= 4 is 29.9 Å². The number of nitrogens with one attached hydrogen (secondary N) is 1. The van der Waals surface area contributed by atoms with Crippen LogP contribution in [0.3, 0.4) is 0 Å². The van der Waals surface area contributed by atoms with Gasteiger partial charge < -0.3 is 25.4 Å². The Morgan fingerprint density at radius 1 is 1.40 bits per heavy atom. The summed E-state index contributed by atoms with van der Waals surface area (Å²) in [5, 5.41) is 2.93. The Hall–Kier alpha value is -1.83. The zero-order valence-electron chi connectivity index (χ0n) is 14.2. The van der Waals surface area contributed by atoms with Gasteiger partial charge in [-0.2, -0.15) is 0 Å². The number of carbonyl (C=O) groups excluding carboxylic acids is 2. The highest BCUT2D eigenvalue weighted by atomic mass is 35.5. The zero-order valence-corrected chi connectivity index (χ0v) is 15.0. The number of hydrogen-bond acceptors (Lipinski definition) is 5. The lowest BCUT2D eigenvalue weighted by atomic mass is 9.90. The van der Waals surface area contributed by atoms with Gasteiger partial charge in [-0.1, -0.05) is 6.07 Å². The van der Waals surface area contributed by atoms with Crippen LogP contribution in [0.15, 0.2) is 24.3 Å². The van der Waals surface area contributed by atoms with Gasteiger partial charge in [0.15, 0.2) is 0 Å². The predicted octanol–water partition coefficient (Wildman–Crippen LogP) is 0.846. The maximum Gasteiger partial charge on any atom is 0.240 e. The molecule has 0 aromatic heterocycles. The summed E-state index contributed by atoms with van der Waals surface area (Å²) >= 11 is 0. The van der Waals surface area contributed by atoms with Gasteiger partial charge in [-0.15, -0.1) is 12.4 Å². The first-order valence-electron chi connectivity index (χ1n) is 8.14. The minimum Gasteiger partial charge on any atom is -0.497 e. The maximum absolute atomic E-state index is 12.5. The van der Waals surface area contributed by atoms with Gasteiger partial charge in [0, 0.05) is 37.9 Å². The molecule has 1 atom stereocenters. The number of ether oxygens (including phenoxy) is 2. The molecule has 3 rings (SSSR count). The Morgan fingerprint density at radius 3 is 2.80 bits per heavy atom. The first-order chi connectivity index (χ1) is 11.5. The lowest BCUT2D eigenvalue weighted by Gasteiger charge is -2.32. The molecule has 0 bridgehead atoms. The molecule has 0 aliphatic carbocycles. The molecule has 2 saturated heterocycles. The van der Waals surface area contributed by atoms with E-state index in [0.717, 1.165) is 5.69 Å². The number of rotatable bonds is 4. The van der Waals surface area contributed by atoms with E-state index in [0.29, 0.717) is 38.3 Å². The minimum atomic E-state index is -0.898. The molecule has 2 aliphatic heterocycles. The summed E-state index contributed by atoms with van der Waals surface area (Å²) in [4.78, 5) is 26.5. The number of halogens is 1. The highest BCUT2D eigenvalue weighted by Crippen LogP contribution is 2.26. The number of hydrogen-bond donors (Lipinski definition) is 2. The monoisotopic (exact) mass is 369 g/mol. The largest absolute Gasteiger partial charge is 0.497 e. The van der Waals surface area contributed by atoms with Crippen LogP contribution in [0, 0.1) is 0 Å². The van der Waals surface area contributed by atoms with Crippen molar-refractivity contribution in [1.29, 1.82) is 0 Å². The van der Waals surface area contributed by atoms with Crippen LogP contribution in [-0.2, 0) is 14.3 Å². The van der Waals surface area contributed by atoms with Crippen molar-refractivity contribution in [1.82, 2.24) is 5.32 Å². The standard InChI is InChI=1S/C17H23N3O4.ClH/c1-23-14-4-2-3-13(10-14)20-11-12(9-15(20)21)19-16(22)17(18)5-7-24-8-6-17;/h2-4,10,12H,5-9,11,18H2,1H3,(H,19,22);1H. The van der Waals surface area contributed by atoms with Crippen LogP contribution >= 0.6 is 12.4 Å². The van der Waals surface area contributed by atoms with Gasteiger partial charge in [-0.3, -0.25) is 9.59 Å². The van der Waals surface area contributed by atoms with E-state index in [9.17, 15) is 9.59 Å². The third-order valence-electron chi connectivity index (χ3n) is 4.66. The second-order valence-electron chi connectivity index (χ2n) is 6.35. The molecule has 138 valence electrons. The van der Waals surface area contributed by atoms with Gasteiger partial charge >= 0.3 is 0 Å². The van der Waals surface area contributed by atoms with Crippen LogP contribution in [0.4, 0.5) is 5.69 Å². The van der Waals surface area contributed by atoms with Crippen molar-refractivity contribution in [3.8, 4) is 5.75 Å². The molecule has 1 aromatic carbocycles. The molecule has 0 spiro atoms. The van der Waals surface area contributed by atoms with E-state index < -0.39 is 5.54 Å². The third-order valence-corrected chi connectivity index (χ3v) is 4.66. The van der Waals surface area contributed by atoms with Crippen LogP contribution < -0.4 is 20.7 Å². The third kappa shape index (κ3) is 4.23. The molecule has 25 heavy (non-hydrogen) atoms. The molecule has 0 radical (unpaired) electrons. The van der Waals surface area contributed by atoms with Crippen LogP contribution in [0.5, 0.6) is 5.75 Å². The number of benzene rings is 1. The van der Waals surface area contributed by atoms with E-state index in [-0.39, 0.29) is 36.7 Å². The van der Waals surface area contributed by atoms with Gasteiger partial charge in [0.2, 0.25) is 11.8 Å². The molecule has 3 N–H and O–H groups in total. The molecule has 2 heterocycles. The molecular formula is C17H24ClN3O4. The van der Waals surface area contributed by atoms with Gasteiger partial charge in [-0.05, 0) is 25.0 Å². The van der Waals surface area contributed by atoms with E-state index in [2.05, 4.69) is 5.32 Å². The quantitative estimate of drug-likeness (QED) is 0.820. The summed E-state index contributed by atoms with van der Waals surface area (Å²) in [6.45, 7) is 1.41. The van der Waals surface area contributed by atoms with E-state index in [1.54, 1.807) is 12.0 Å². The van der Waals surface area contributed by atoms with E-state index in [1.165, 1.54) is 0 Å². The van der Waals surface area contributed by atoms with Crippen LogP contribution in [0.1, 0.15) is 19.3 Å². The van der Waals surface area contributed by atoms with Crippen LogP contribution in [-0.4, -0.2) is 50.3 Å². The average Bonchev–Trinajstić information content (AvgIpc) is 2.96. The molecule has 2 amide bonds. The topological polar surface area (TPSA) is 93.9 Å². The molecular weight excluding hydrogens is 346 g/mol. The lowest BCUT2D eigenvalue weighted by molar-refractivity contribution is -0.130. The summed E-state index contributed by atoms with van der Waals surface area (Å²) in [6.07, 6.45) is 1.27.